The van der Waals surface area contributed by atoms with Crippen molar-refractivity contribution < 1.29 is 9.53 Å². The van der Waals surface area contributed by atoms with Crippen LogP contribution in [0, 0.1) is 0 Å². The molecule has 0 saturated carbocycles. The third-order valence-corrected chi connectivity index (χ3v) is 3.36. The number of esters is 1. The summed E-state index contributed by atoms with van der Waals surface area (Å²) in [5.74, 6) is -0.421. The summed E-state index contributed by atoms with van der Waals surface area (Å²) in [7, 11) is 1.26. The van der Waals surface area contributed by atoms with Gasteiger partial charge in [-0.2, -0.15) is 9.50 Å². The maximum absolute atomic E-state index is 11.5. The minimum atomic E-state index is -0.631. The minimum absolute atomic E-state index is 0.0671. The average Bonchev–Trinajstić information content (AvgIpc) is 2.90. The van der Waals surface area contributed by atoms with Gasteiger partial charge < -0.3 is 4.74 Å². The van der Waals surface area contributed by atoms with E-state index >= 15 is 0 Å². The van der Waals surface area contributed by atoms with E-state index in [4.69, 9.17) is 23.2 Å². The van der Waals surface area contributed by atoms with Crippen molar-refractivity contribution in [1.82, 2.24) is 19.6 Å². The molecule has 0 aliphatic heterocycles. The van der Waals surface area contributed by atoms with Gasteiger partial charge in [0.1, 0.15) is 0 Å². The molecule has 0 spiro atoms. The predicted octanol–water partition coefficient (Wildman–Crippen LogP) is 2.88. The summed E-state index contributed by atoms with van der Waals surface area (Å²) in [6, 6.07) is 6.83. The number of carbonyl (C=O) groups excluding carboxylic acids is 1. The molecule has 0 bridgehead atoms. The third-order valence-electron chi connectivity index (χ3n) is 2.82. The smallest absolute Gasteiger partial charge is 0.378 e. The summed E-state index contributed by atoms with van der Waals surface area (Å²) < 4.78 is 6.03. The van der Waals surface area contributed by atoms with E-state index < -0.39 is 5.97 Å². The highest BCUT2D eigenvalue weighted by atomic mass is 35.5. The molecule has 0 amide bonds. The zero-order valence-corrected chi connectivity index (χ0v) is 12.3. The monoisotopic (exact) mass is 322 g/mol. The Bertz CT molecular complexity index is 847. The lowest BCUT2D eigenvalue weighted by Crippen LogP contribution is -2.04. The molecule has 0 fully saturated rings. The zero-order chi connectivity index (χ0) is 15.0. The molecule has 0 aliphatic carbocycles. The topological polar surface area (TPSA) is 69.4 Å². The van der Waals surface area contributed by atoms with Gasteiger partial charge in [-0.1, -0.05) is 23.2 Å². The Labute approximate surface area is 129 Å². The number of nitrogens with zero attached hydrogens (tertiary/aromatic N) is 4. The molecule has 0 atom stereocenters. The molecular formula is C13H8Cl2N4O2. The fraction of sp³-hybridized carbons (Fsp3) is 0.0769. The molecule has 2 heterocycles. The molecule has 0 N–H and O–H groups in total. The van der Waals surface area contributed by atoms with Crippen LogP contribution in [0.5, 0.6) is 0 Å². The van der Waals surface area contributed by atoms with Crippen LogP contribution in [0.3, 0.4) is 0 Å². The number of fused-ring (bicyclic) bond motifs is 1. The summed E-state index contributed by atoms with van der Waals surface area (Å²) in [6.45, 7) is 0. The Balaban J connectivity index is 2.23. The Kier molecular flexibility index (Phi) is 3.48. The van der Waals surface area contributed by atoms with Gasteiger partial charge in [-0.15, -0.1) is 5.10 Å². The van der Waals surface area contributed by atoms with E-state index in [1.54, 1.807) is 30.5 Å². The summed E-state index contributed by atoms with van der Waals surface area (Å²) in [5.41, 5.74) is 1.35. The highest BCUT2D eigenvalue weighted by Crippen LogP contribution is 2.29. The van der Waals surface area contributed by atoms with E-state index in [1.165, 1.54) is 11.6 Å². The first kappa shape index (κ1) is 13.8. The Morgan fingerprint density at radius 3 is 2.81 bits per heavy atom. The number of carbonyl (C=O) groups is 1. The molecule has 0 saturated heterocycles. The Hall–Kier alpha value is -2.18. The third kappa shape index (κ3) is 2.43. The molecule has 0 unspecified atom stereocenters. The van der Waals surface area contributed by atoms with Gasteiger partial charge >= 0.3 is 5.97 Å². The van der Waals surface area contributed by atoms with Gasteiger partial charge in [0.15, 0.2) is 0 Å². The molecule has 8 heteroatoms. The first-order valence-electron chi connectivity index (χ1n) is 5.85. The molecule has 3 rings (SSSR count). The van der Waals surface area contributed by atoms with Crippen molar-refractivity contribution in [2.75, 3.05) is 7.11 Å². The maximum Gasteiger partial charge on any atom is 0.378 e. The van der Waals surface area contributed by atoms with Crippen LogP contribution in [0.25, 0.3) is 17.0 Å². The second-order valence-corrected chi connectivity index (χ2v) is 4.94. The zero-order valence-electron chi connectivity index (χ0n) is 10.7. The van der Waals surface area contributed by atoms with Gasteiger partial charge in [0.25, 0.3) is 11.6 Å². The minimum Gasteiger partial charge on any atom is -0.463 e. The number of methoxy groups -OCH3 is 1. The quantitative estimate of drug-likeness (QED) is 0.678. The molecule has 1 aromatic carbocycles. The van der Waals surface area contributed by atoms with Gasteiger partial charge in [0.05, 0.1) is 17.8 Å². The van der Waals surface area contributed by atoms with Gasteiger partial charge in [-0.05, 0) is 24.3 Å². The number of benzene rings is 1. The number of hydrogen-bond acceptors (Lipinski definition) is 5. The van der Waals surface area contributed by atoms with Gasteiger partial charge in [0.2, 0.25) is 0 Å². The van der Waals surface area contributed by atoms with E-state index in [1.807, 2.05) is 0 Å². The largest absolute Gasteiger partial charge is 0.463 e. The van der Waals surface area contributed by atoms with E-state index in [0.29, 0.717) is 21.3 Å². The summed E-state index contributed by atoms with van der Waals surface area (Å²) in [4.78, 5) is 19.6. The number of ether oxygens (including phenoxy) is 1. The second kappa shape index (κ2) is 5.31. The first-order valence-corrected chi connectivity index (χ1v) is 6.61. The van der Waals surface area contributed by atoms with E-state index in [-0.39, 0.29) is 11.6 Å². The highest BCUT2D eigenvalue weighted by Gasteiger charge is 2.17. The van der Waals surface area contributed by atoms with Crippen molar-refractivity contribution in [1.29, 1.82) is 0 Å². The molecule has 21 heavy (non-hydrogen) atoms. The molecule has 106 valence electrons. The van der Waals surface area contributed by atoms with Crippen LogP contribution < -0.4 is 0 Å². The van der Waals surface area contributed by atoms with Crippen LogP contribution in [0.15, 0.2) is 30.5 Å². The Morgan fingerprint density at radius 1 is 1.29 bits per heavy atom. The fourth-order valence-electron chi connectivity index (χ4n) is 1.87. The van der Waals surface area contributed by atoms with Crippen LogP contribution >= 0.6 is 23.2 Å². The van der Waals surface area contributed by atoms with E-state index in [2.05, 4.69) is 19.8 Å². The number of hydrogen-bond donors (Lipinski definition) is 0. The van der Waals surface area contributed by atoms with Crippen LogP contribution in [-0.2, 0) is 4.74 Å². The standard InChI is InChI=1S/C13H8Cl2N4O2/c1-21-12(20)11-17-13-16-5-4-10(19(13)18-11)8-3-2-7(14)6-9(8)15/h2-6H,1H3. The molecule has 2 aromatic heterocycles. The van der Waals surface area contributed by atoms with Crippen molar-refractivity contribution >= 4 is 34.9 Å². The highest BCUT2D eigenvalue weighted by molar-refractivity contribution is 6.36. The average molecular weight is 323 g/mol. The lowest BCUT2D eigenvalue weighted by molar-refractivity contribution is 0.0587. The molecular weight excluding hydrogens is 315 g/mol. The van der Waals surface area contributed by atoms with Gasteiger partial charge in [0, 0.05) is 16.8 Å². The normalized spacial score (nSPS) is 10.8. The summed E-state index contributed by atoms with van der Waals surface area (Å²) in [6.07, 6.45) is 1.56. The van der Waals surface area contributed by atoms with Crippen LogP contribution in [0.1, 0.15) is 10.6 Å². The SMILES string of the molecule is COC(=O)c1nc2nccc(-c3ccc(Cl)cc3Cl)n2n1. The van der Waals surface area contributed by atoms with Crippen molar-refractivity contribution in [2.24, 2.45) is 0 Å². The van der Waals surface area contributed by atoms with E-state index in [0.717, 1.165) is 0 Å². The number of halogens is 2. The first-order chi connectivity index (χ1) is 10.1. The number of rotatable bonds is 2. The lowest BCUT2D eigenvalue weighted by atomic mass is 10.1. The van der Waals surface area contributed by atoms with Crippen molar-refractivity contribution in [3.8, 4) is 11.3 Å². The second-order valence-electron chi connectivity index (χ2n) is 4.09. The lowest BCUT2D eigenvalue weighted by Gasteiger charge is -2.06. The van der Waals surface area contributed by atoms with E-state index in [9.17, 15) is 4.79 Å². The maximum atomic E-state index is 11.5. The van der Waals surface area contributed by atoms with Crippen LogP contribution in [0.4, 0.5) is 0 Å². The molecule has 0 radical (unpaired) electrons. The van der Waals surface area contributed by atoms with Crippen molar-refractivity contribution in [2.45, 2.75) is 0 Å². The summed E-state index contributed by atoms with van der Waals surface area (Å²) >= 11 is 12.1. The van der Waals surface area contributed by atoms with Gasteiger partial charge in [-0.25, -0.2) is 9.78 Å². The van der Waals surface area contributed by atoms with Crippen LogP contribution in [-0.4, -0.2) is 32.7 Å². The molecule has 6 nitrogen and oxygen atoms in total. The fourth-order valence-corrected chi connectivity index (χ4v) is 2.38. The van der Waals surface area contributed by atoms with Crippen molar-refractivity contribution in [3.63, 3.8) is 0 Å². The molecule has 0 aliphatic rings. The molecule has 3 aromatic rings. The number of aromatic nitrogens is 4. The van der Waals surface area contributed by atoms with Gasteiger partial charge in [-0.3, -0.25) is 0 Å². The van der Waals surface area contributed by atoms with Crippen LogP contribution in [0.2, 0.25) is 10.0 Å². The summed E-state index contributed by atoms with van der Waals surface area (Å²) in [5, 5.41) is 5.09. The van der Waals surface area contributed by atoms with Crippen molar-refractivity contribution in [3.05, 3.63) is 46.3 Å². The predicted molar refractivity (Wildman–Crippen MR) is 77.6 cm³/mol. The Morgan fingerprint density at radius 2 is 2.10 bits per heavy atom.